The van der Waals surface area contributed by atoms with Crippen LogP contribution >= 0.6 is 0 Å². The number of nitrogens with zero attached hydrogens (tertiary/aromatic N) is 3. The predicted octanol–water partition coefficient (Wildman–Crippen LogP) is 2.18. The van der Waals surface area contributed by atoms with Crippen LogP contribution in [0, 0.1) is 0 Å². The van der Waals surface area contributed by atoms with Crippen molar-refractivity contribution in [2.75, 3.05) is 0 Å². The fourth-order valence-electron chi connectivity index (χ4n) is 2.03. The number of carboxylic acid groups (broad SMARTS) is 1. The lowest BCUT2D eigenvalue weighted by molar-refractivity contribution is 0.0697. The van der Waals surface area contributed by atoms with E-state index in [1.807, 2.05) is 30.3 Å². The van der Waals surface area contributed by atoms with Crippen molar-refractivity contribution >= 4 is 16.9 Å². The van der Waals surface area contributed by atoms with Crippen molar-refractivity contribution in [3.05, 3.63) is 60.0 Å². The van der Waals surface area contributed by atoms with Crippen molar-refractivity contribution in [3.63, 3.8) is 0 Å². The fourth-order valence-corrected chi connectivity index (χ4v) is 2.03. The largest absolute Gasteiger partial charge is 0.478 e. The predicted molar refractivity (Wildman–Crippen MR) is 70.0 cm³/mol. The van der Waals surface area contributed by atoms with Crippen LogP contribution in [0.15, 0.2) is 48.9 Å². The summed E-state index contributed by atoms with van der Waals surface area (Å²) in [6, 6.07) is 9.82. The number of pyridine rings is 1. The third-order valence-corrected chi connectivity index (χ3v) is 2.93. The summed E-state index contributed by atoms with van der Waals surface area (Å²) in [5.74, 6) is -0.970. The Morgan fingerprint density at radius 3 is 2.89 bits per heavy atom. The first-order chi connectivity index (χ1) is 9.24. The highest BCUT2D eigenvalue weighted by Crippen LogP contribution is 2.16. The van der Waals surface area contributed by atoms with Crippen LogP contribution < -0.4 is 0 Å². The van der Waals surface area contributed by atoms with Crippen molar-refractivity contribution in [2.24, 2.45) is 0 Å². The molecule has 0 bridgehead atoms. The number of fused-ring (bicyclic) bond motifs is 1. The lowest BCUT2D eigenvalue weighted by atomic mass is 10.1. The Kier molecular flexibility index (Phi) is 2.72. The van der Waals surface area contributed by atoms with E-state index in [1.54, 1.807) is 10.9 Å². The van der Waals surface area contributed by atoms with Crippen molar-refractivity contribution in [3.8, 4) is 0 Å². The van der Waals surface area contributed by atoms with Gasteiger partial charge < -0.3 is 5.11 Å². The fraction of sp³-hybridized carbons (Fsp3) is 0.0714. The van der Waals surface area contributed by atoms with Gasteiger partial charge in [-0.3, -0.25) is 9.67 Å². The van der Waals surface area contributed by atoms with Crippen LogP contribution in [0.3, 0.4) is 0 Å². The van der Waals surface area contributed by atoms with Gasteiger partial charge in [0.1, 0.15) is 0 Å². The Bertz CT molecular complexity index is 744. The Morgan fingerprint density at radius 2 is 2.11 bits per heavy atom. The molecule has 0 saturated heterocycles. The summed E-state index contributed by atoms with van der Waals surface area (Å²) in [5, 5.41) is 14.0. The quantitative estimate of drug-likeness (QED) is 0.776. The molecule has 0 fully saturated rings. The smallest absolute Gasteiger partial charge is 0.338 e. The van der Waals surface area contributed by atoms with Crippen LogP contribution in [-0.4, -0.2) is 25.8 Å². The molecule has 0 amide bonds. The molecular weight excluding hydrogens is 242 g/mol. The number of carbonyl (C=O) groups is 1. The van der Waals surface area contributed by atoms with Crippen molar-refractivity contribution in [2.45, 2.75) is 6.54 Å². The number of benzene rings is 1. The Labute approximate surface area is 109 Å². The van der Waals surface area contributed by atoms with Gasteiger partial charge in [-0.1, -0.05) is 24.3 Å². The number of rotatable bonds is 3. The van der Waals surface area contributed by atoms with Crippen LogP contribution in [0.25, 0.3) is 10.9 Å². The average molecular weight is 253 g/mol. The topological polar surface area (TPSA) is 68.0 Å². The second-order valence-corrected chi connectivity index (χ2v) is 4.22. The molecule has 0 saturated carbocycles. The first kappa shape index (κ1) is 11.4. The lowest BCUT2D eigenvalue weighted by Gasteiger charge is -2.05. The second kappa shape index (κ2) is 4.53. The molecule has 3 rings (SSSR count). The molecule has 2 aromatic heterocycles. The molecule has 19 heavy (non-hydrogen) atoms. The van der Waals surface area contributed by atoms with Crippen molar-refractivity contribution < 1.29 is 9.90 Å². The molecule has 5 nitrogen and oxygen atoms in total. The Hall–Kier alpha value is -2.69. The van der Waals surface area contributed by atoms with E-state index in [2.05, 4.69) is 10.1 Å². The third kappa shape index (κ3) is 2.18. The van der Waals surface area contributed by atoms with E-state index in [0.29, 0.717) is 6.54 Å². The normalized spacial score (nSPS) is 10.7. The van der Waals surface area contributed by atoms with E-state index in [4.69, 9.17) is 5.11 Å². The second-order valence-electron chi connectivity index (χ2n) is 4.22. The van der Waals surface area contributed by atoms with Crippen LogP contribution in [0.2, 0.25) is 0 Å². The summed E-state index contributed by atoms with van der Waals surface area (Å²) in [5.41, 5.74) is 2.11. The standard InChI is InChI=1S/C14H11N3O2/c18-14(19)12-7-16-17(9-12)8-11-4-1-3-10-5-2-6-15-13(10)11/h1-7,9H,8H2,(H,18,19). The maximum Gasteiger partial charge on any atom is 0.338 e. The number of aromatic nitrogens is 3. The average Bonchev–Trinajstić information content (AvgIpc) is 2.88. The Balaban J connectivity index is 1.98. The van der Waals surface area contributed by atoms with E-state index in [1.165, 1.54) is 12.4 Å². The summed E-state index contributed by atoms with van der Waals surface area (Å²) in [4.78, 5) is 15.2. The van der Waals surface area contributed by atoms with Crippen molar-refractivity contribution in [1.29, 1.82) is 0 Å². The molecule has 0 unspecified atom stereocenters. The maximum absolute atomic E-state index is 10.8. The summed E-state index contributed by atoms with van der Waals surface area (Å²) in [6.07, 6.45) is 4.61. The number of aromatic carboxylic acids is 1. The van der Waals surface area contributed by atoms with Gasteiger partial charge in [-0.05, 0) is 11.6 Å². The molecule has 0 spiro atoms. The first-order valence-corrected chi connectivity index (χ1v) is 5.82. The minimum Gasteiger partial charge on any atom is -0.478 e. The molecule has 94 valence electrons. The highest BCUT2D eigenvalue weighted by molar-refractivity contribution is 5.86. The third-order valence-electron chi connectivity index (χ3n) is 2.93. The molecule has 0 radical (unpaired) electrons. The number of para-hydroxylation sites is 1. The summed E-state index contributed by atoms with van der Waals surface area (Å²) < 4.78 is 1.60. The minimum atomic E-state index is -0.970. The maximum atomic E-state index is 10.8. The van der Waals surface area contributed by atoms with E-state index < -0.39 is 5.97 Å². The van der Waals surface area contributed by atoms with Gasteiger partial charge in [-0.2, -0.15) is 5.10 Å². The number of carboxylic acids is 1. The molecular formula is C14H11N3O2. The highest BCUT2D eigenvalue weighted by Gasteiger charge is 2.07. The lowest BCUT2D eigenvalue weighted by Crippen LogP contribution is -2.01. The number of hydrogen-bond donors (Lipinski definition) is 1. The summed E-state index contributed by atoms with van der Waals surface area (Å²) in [7, 11) is 0. The van der Waals surface area contributed by atoms with Gasteiger partial charge in [-0.25, -0.2) is 4.79 Å². The van der Waals surface area contributed by atoms with Crippen LogP contribution in [-0.2, 0) is 6.54 Å². The molecule has 0 aliphatic heterocycles. The van der Waals surface area contributed by atoms with Crippen LogP contribution in [0.5, 0.6) is 0 Å². The molecule has 1 aromatic carbocycles. The van der Waals surface area contributed by atoms with Gasteiger partial charge in [0.25, 0.3) is 0 Å². The number of hydrogen-bond acceptors (Lipinski definition) is 3. The van der Waals surface area contributed by atoms with E-state index in [-0.39, 0.29) is 5.56 Å². The molecule has 1 N–H and O–H groups in total. The highest BCUT2D eigenvalue weighted by atomic mass is 16.4. The molecule has 0 atom stereocenters. The van der Waals surface area contributed by atoms with Gasteiger partial charge in [-0.15, -0.1) is 0 Å². The van der Waals surface area contributed by atoms with Crippen LogP contribution in [0.4, 0.5) is 0 Å². The van der Waals surface area contributed by atoms with Crippen LogP contribution in [0.1, 0.15) is 15.9 Å². The van der Waals surface area contributed by atoms with E-state index in [9.17, 15) is 4.79 Å². The van der Waals surface area contributed by atoms with E-state index in [0.717, 1.165) is 16.5 Å². The Morgan fingerprint density at radius 1 is 1.26 bits per heavy atom. The van der Waals surface area contributed by atoms with E-state index >= 15 is 0 Å². The van der Waals surface area contributed by atoms with Gasteiger partial charge >= 0.3 is 5.97 Å². The monoisotopic (exact) mass is 253 g/mol. The van der Waals surface area contributed by atoms with Gasteiger partial charge in [0.05, 0.1) is 23.8 Å². The SMILES string of the molecule is O=C(O)c1cnn(Cc2cccc3cccnc23)c1. The molecule has 5 heteroatoms. The zero-order chi connectivity index (χ0) is 13.2. The van der Waals surface area contributed by atoms with Gasteiger partial charge in [0.2, 0.25) is 0 Å². The molecule has 2 heterocycles. The van der Waals surface area contributed by atoms with Crippen molar-refractivity contribution in [1.82, 2.24) is 14.8 Å². The summed E-state index contributed by atoms with van der Waals surface area (Å²) in [6.45, 7) is 0.502. The first-order valence-electron chi connectivity index (χ1n) is 5.82. The molecule has 0 aliphatic rings. The van der Waals surface area contributed by atoms with Gasteiger partial charge in [0, 0.05) is 17.8 Å². The van der Waals surface area contributed by atoms with Gasteiger partial charge in [0.15, 0.2) is 0 Å². The minimum absolute atomic E-state index is 0.188. The molecule has 0 aliphatic carbocycles. The zero-order valence-corrected chi connectivity index (χ0v) is 10.0. The molecule has 3 aromatic rings. The zero-order valence-electron chi connectivity index (χ0n) is 10.0. The summed E-state index contributed by atoms with van der Waals surface area (Å²) >= 11 is 0.